The van der Waals surface area contributed by atoms with E-state index >= 15 is 0 Å². The van der Waals surface area contributed by atoms with E-state index in [0.717, 1.165) is 32.1 Å². The van der Waals surface area contributed by atoms with Gasteiger partial charge in [-0.1, -0.05) is 6.07 Å². The van der Waals surface area contributed by atoms with E-state index in [4.69, 9.17) is 0 Å². The summed E-state index contributed by atoms with van der Waals surface area (Å²) in [7, 11) is 0. The van der Waals surface area contributed by atoms with Crippen molar-refractivity contribution in [3.63, 3.8) is 0 Å². The molecule has 1 saturated heterocycles. The molecule has 1 aliphatic heterocycles. The minimum absolute atomic E-state index is 0.0330. The number of hydrogen-bond acceptors (Lipinski definition) is 3. The van der Waals surface area contributed by atoms with E-state index in [1.54, 1.807) is 11.0 Å². The van der Waals surface area contributed by atoms with Gasteiger partial charge in [-0.3, -0.25) is 4.90 Å². The Balaban J connectivity index is 1.72. The Labute approximate surface area is 159 Å². The predicted octanol–water partition coefficient (Wildman–Crippen LogP) is 3.27. The maximum Gasteiger partial charge on any atom is 0.416 e. The molecule has 0 radical (unpaired) electrons. The second-order valence-electron chi connectivity index (χ2n) is 6.63. The van der Waals surface area contributed by atoms with Gasteiger partial charge in [0.2, 0.25) is 0 Å². The molecule has 2 rings (SSSR count). The second kappa shape index (κ2) is 9.82. The molecule has 0 unspecified atom stereocenters. The van der Waals surface area contributed by atoms with E-state index in [2.05, 4.69) is 10.2 Å². The quantitative estimate of drug-likeness (QED) is 0.731. The molecule has 0 saturated carbocycles. The zero-order valence-corrected chi connectivity index (χ0v) is 16.1. The van der Waals surface area contributed by atoms with Gasteiger partial charge in [0.1, 0.15) is 0 Å². The molecule has 0 aliphatic carbocycles. The zero-order chi connectivity index (χ0) is 19.9. The first-order chi connectivity index (χ1) is 12.8. The molecule has 0 bridgehead atoms. The number of benzene rings is 1. The minimum atomic E-state index is -4.31. The molecule has 2 amide bonds. The molecule has 152 valence electrons. The number of halogens is 3. The van der Waals surface area contributed by atoms with E-state index < -0.39 is 11.7 Å². The Morgan fingerprint density at radius 1 is 1.15 bits per heavy atom. The molecule has 1 fully saturated rings. The van der Waals surface area contributed by atoms with Gasteiger partial charge in [0.05, 0.1) is 5.56 Å². The first kappa shape index (κ1) is 21.3. The summed E-state index contributed by atoms with van der Waals surface area (Å²) in [6, 6.07) is 5.48. The van der Waals surface area contributed by atoms with Gasteiger partial charge in [-0.05, 0) is 45.0 Å². The lowest BCUT2D eigenvalue weighted by Gasteiger charge is -2.36. The molecule has 8 heteroatoms. The molecule has 0 atom stereocenters. The summed E-state index contributed by atoms with van der Waals surface area (Å²) in [6.45, 7) is 9.80. The molecule has 5 nitrogen and oxygen atoms in total. The van der Waals surface area contributed by atoms with Crippen LogP contribution in [0.3, 0.4) is 0 Å². The summed E-state index contributed by atoms with van der Waals surface area (Å²) in [5, 5.41) is 2.92. The number of urea groups is 1. The highest BCUT2D eigenvalue weighted by atomic mass is 19.4. The van der Waals surface area contributed by atoms with Crippen LogP contribution in [0.2, 0.25) is 0 Å². The SMILES string of the molecule is CCN(CC)C(=O)NCCCN1CCN(c2cccc(C(F)(F)F)c2)CC1. The molecular formula is C19H29F3N4O. The highest BCUT2D eigenvalue weighted by molar-refractivity contribution is 5.73. The number of carbonyl (C=O) groups is 1. The van der Waals surface area contributed by atoms with Crippen LogP contribution >= 0.6 is 0 Å². The van der Waals surface area contributed by atoms with Crippen LogP contribution in [0.15, 0.2) is 24.3 Å². The Bertz CT molecular complexity index is 597. The standard InChI is InChI=1S/C19H29F3N4O/c1-3-25(4-2)18(27)23-9-6-10-24-11-13-26(14-12-24)17-8-5-7-16(15-17)19(20,21)22/h5,7-8,15H,3-4,6,9-14H2,1-2H3,(H,23,27). The Kier molecular flexibility index (Phi) is 7.77. The van der Waals surface area contributed by atoms with Gasteiger partial charge in [-0.2, -0.15) is 13.2 Å². The van der Waals surface area contributed by atoms with E-state index in [0.29, 0.717) is 38.4 Å². The first-order valence-corrected chi connectivity index (χ1v) is 9.52. The van der Waals surface area contributed by atoms with E-state index in [9.17, 15) is 18.0 Å². The van der Waals surface area contributed by atoms with Crippen LogP contribution in [-0.4, -0.2) is 68.2 Å². The summed E-state index contributed by atoms with van der Waals surface area (Å²) < 4.78 is 38.6. The average molecular weight is 386 g/mol. The van der Waals surface area contributed by atoms with Crippen LogP contribution in [0, 0.1) is 0 Å². The van der Waals surface area contributed by atoms with Gasteiger partial charge in [0.15, 0.2) is 0 Å². The highest BCUT2D eigenvalue weighted by Crippen LogP contribution is 2.31. The zero-order valence-electron chi connectivity index (χ0n) is 16.1. The van der Waals surface area contributed by atoms with Gasteiger partial charge in [0, 0.05) is 51.5 Å². The maximum atomic E-state index is 12.9. The molecule has 1 aromatic rings. The van der Waals surface area contributed by atoms with Crippen molar-refractivity contribution in [1.82, 2.24) is 15.1 Å². The van der Waals surface area contributed by atoms with Crippen LogP contribution in [0.25, 0.3) is 0 Å². The number of rotatable bonds is 7. The first-order valence-electron chi connectivity index (χ1n) is 9.52. The summed E-state index contributed by atoms with van der Waals surface area (Å²) in [5.74, 6) is 0. The summed E-state index contributed by atoms with van der Waals surface area (Å²) in [5.41, 5.74) is 0.0161. The van der Waals surface area contributed by atoms with Crippen molar-refractivity contribution in [1.29, 1.82) is 0 Å². The van der Waals surface area contributed by atoms with Crippen molar-refractivity contribution in [3.8, 4) is 0 Å². The number of anilines is 1. The number of alkyl halides is 3. The van der Waals surface area contributed by atoms with Crippen molar-refractivity contribution in [2.45, 2.75) is 26.4 Å². The Hall–Kier alpha value is -1.96. The highest BCUT2D eigenvalue weighted by Gasteiger charge is 2.31. The van der Waals surface area contributed by atoms with Gasteiger partial charge in [0.25, 0.3) is 0 Å². The molecule has 27 heavy (non-hydrogen) atoms. The van der Waals surface area contributed by atoms with Gasteiger partial charge in [-0.25, -0.2) is 4.79 Å². The largest absolute Gasteiger partial charge is 0.416 e. The minimum Gasteiger partial charge on any atom is -0.369 e. The van der Waals surface area contributed by atoms with Crippen molar-refractivity contribution < 1.29 is 18.0 Å². The summed E-state index contributed by atoms with van der Waals surface area (Å²) in [4.78, 5) is 17.9. The fourth-order valence-corrected chi connectivity index (χ4v) is 3.23. The third kappa shape index (κ3) is 6.30. The van der Waals surface area contributed by atoms with Crippen LogP contribution in [0.5, 0.6) is 0 Å². The smallest absolute Gasteiger partial charge is 0.369 e. The van der Waals surface area contributed by atoms with Crippen molar-refractivity contribution in [2.24, 2.45) is 0 Å². The van der Waals surface area contributed by atoms with E-state index in [1.807, 2.05) is 18.7 Å². The summed E-state index contributed by atoms with van der Waals surface area (Å²) >= 11 is 0. The summed E-state index contributed by atoms with van der Waals surface area (Å²) in [6.07, 6.45) is -3.45. The van der Waals surface area contributed by atoms with Gasteiger partial charge in [-0.15, -0.1) is 0 Å². The normalized spacial score (nSPS) is 15.7. The lowest BCUT2D eigenvalue weighted by Crippen LogP contribution is -2.47. The van der Waals surface area contributed by atoms with Crippen LogP contribution < -0.4 is 10.2 Å². The molecular weight excluding hydrogens is 357 g/mol. The monoisotopic (exact) mass is 386 g/mol. The Morgan fingerprint density at radius 3 is 2.41 bits per heavy atom. The lowest BCUT2D eigenvalue weighted by molar-refractivity contribution is -0.137. The number of nitrogens with one attached hydrogen (secondary N) is 1. The third-order valence-electron chi connectivity index (χ3n) is 4.89. The number of carbonyl (C=O) groups excluding carboxylic acids is 1. The number of piperazine rings is 1. The van der Waals surface area contributed by atoms with E-state index in [1.165, 1.54) is 12.1 Å². The predicted molar refractivity (Wildman–Crippen MR) is 101 cm³/mol. The molecule has 1 N–H and O–H groups in total. The van der Waals surface area contributed by atoms with Crippen molar-refractivity contribution in [2.75, 3.05) is 57.3 Å². The van der Waals surface area contributed by atoms with E-state index in [-0.39, 0.29) is 6.03 Å². The number of hydrogen-bond donors (Lipinski definition) is 1. The molecule has 1 aliphatic rings. The average Bonchev–Trinajstić information content (AvgIpc) is 2.66. The third-order valence-corrected chi connectivity index (χ3v) is 4.89. The Morgan fingerprint density at radius 2 is 1.81 bits per heavy atom. The fraction of sp³-hybridized carbons (Fsp3) is 0.632. The van der Waals surface area contributed by atoms with Crippen molar-refractivity contribution in [3.05, 3.63) is 29.8 Å². The second-order valence-corrected chi connectivity index (χ2v) is 6.63. The van der Waals surface area contributed by atoms with Crippen LogP contribution in [-0.2, 0) is 6.18 Å². The fourth-order valence-electron chi connectivity index (χ4n) is 3.23. The van der Waals surface area contributed by atoms with Gasteiger partial charge >= 0.3 is 12.2 Å². The molecule has 1 heterocycles. The number of nitrogens with zero attached hydrogens (tertiary/aromatic N) is 3. The topological polar surface area (TPSA) is 38.8 Å². The molecule has 0 aromatic heterocycles. The molecule has 0 spiro atoms. The van der Waals surface area contributed by atoms with Gasteiger partial charge < -0.3 is 15.1 Å². The molecule has 1 aromatic carbocycles. The number of amides is 2. The van der Waals surface area contributed by atoms with Crippen LogP contribution in [0.4, 0.5) is 23.7 Å². The lowest BCUT2D eigenvalue weighted by atomic mass is 10.1. The maximum absolute atomic E-state index is 12.9. The van der Waals surface area contributed by atoms with Crippen molar-refractivity contribution >= 4 is 11.7 Å². The van der Waals surface area contributed by atoms with Crippen LogP contribution in [0.1, 0.15) is 25.8 Å².